The topological polar surface area (TPSA) is 7.76 Å². The Hall–Kier alpha value is -2.13. The summed E-state index contributed by atoms with van der Waals surface area (Å²) < 4.78 is 82.2. The first kappa shape index (κ1) is 23.9. The van der Waals surface area contributed by atoms with Gasteiger partial charge in [-0.15, -0.1) is 0 Å². The minimum atomic E-state index is -6.00. The molecule has 0 unspecified atom stereocenters. The zero-order valence-electron chi connectivity index (χ0n) is 14.5. The Kier molecular flexibility index (Phi) is 8.75. The molecule has 0 atom stereocenters. The number of halogens is 8. The van der Waals surface area contributed by atoms with Gasteiger partial charge in [-0.3, -0.25) is 0 Å². The highest BCUT2D eigenvalue weighted by atomic mass is 19.5. The predicted octanol–water partition coefficient (Wildman–Crippen LogP) is 4.22. The van der Waals surface area contributed by atoms with Gasteiger partial charge in [0.2, 0.25) is 0 Å². The summed E-state index contributed by atoms with van der Waals surface area (Å²) in [5.74, 6) is 0. The van der Waals surface area contributed by atoms with E-state index >= 15 is 0 Å². The van der Waals surface area contributed by atoms with Crippen molar-refractivity contribution in [3.63, 3.8) is 0 Å². The molecule has 12 heteroatoms. The fourth-order valence-electron chi connectivity index (χ4n) is 1.88. The number of aryl methyl sites for hydroxylation is 2. The SMILES string of the molecule is Cc1c(-c2cc[n+](C)cc2)cc[n+](C)c1C.F[B-](F)(F)F.F[B-](F)(F)F. The monoisotopic (exact) mass is 388 g/mol. The molecule has 0 saturated heterocycles. The van der Waals surface area contributed by atoms with E-state index in [-0.39, 0.29) is 0 Å². The van der Waals surface area contributed by atoms with Gasteiger partial charge in [0, 0.05) is 30.7 Å². The third-order valence-electron chi connectivity index (χ3n) is 3.23. The highest BCUT2D eigenvalue weighted by molar-refractivity contribution is 6.50. The zero-order valence-corrected chi connectivity index (χ0v) is 14.5. The summed E-state index contributed by atoms with van der Waals surface area (Å²) in [5.41, 5.74) is 5.25. The first-order chi connectivity index (χ1) is 11.6. The second-order valence-electron chi connectivity index (χ2n) is 5.29. The number of hydrogen-bond donors (Lipinski definition) is 0. The van der Waals surface area contributed by atoms with Crippen molar-refractivity contribution in [2.24, 2.45) is 14.1 Å². The van der Waals surface area contributed by atoms with E-state index < -0.39 is 14.5 Å². The maximum atomic E-state index is 9.75. The van der Waals surface area contributed by atoms with Gasteiger partial charge in [-0.05, 0) is 18.1 Å². The second kappa shape index (κ2) is 9.54. The van der Waals surface area contributed by atoms with Crippen LogP contribution in [0, 0.1) is 13.8 Å². The minimum Gasteiger partial charge on any atom is -0.418 e. The summed E-state index contributed by atoms with van der Waals surface area (Å²) in [6.07, 6.45) is 6.28. The van der Waals surface area contributed by atoms with Crippen LogP contribution < -0.4 is 9.13 Å². The normalized spacial score (nSPS) is 11.1. The van der Waals surface area contributed by atoms with E-state index in [2.05, 4.69) is 66.8 Å². The first-order valence-corrected chi connectivity index (χ1v) is 7.25. The number of aromatic nitrogens is 2. The average molecular weight is 388 g/mol. The van der Waals surface area contributed by atoms with Gasteiger partial charge in [-0.25, -0.2) is 9.13 Å². The summed E-state index contributed by atoms with van der Waals surface area (Å²) in [6, 6.07) is 6.49. The van der Waals surface area contributed by atoms with Crippen molar-refractivity contribution in [3.05, 3.63) is 48.0 Å². The molecule has 0 aliphatic carbocycles. The standard InChI is InChI=1S/C14H18N2.2BF4/c1-11-12(2)16(4)10-7-14(11)13-5-8-15(3)9-6-13;2*2-1(3,4)5/h5-10H,1-4H3;;/q+2;2*-1. The van der Waals surface area contributed by atoms with E-state index in [1.54, 1.807) is 0 Å². The lowest BCUT2D eigenvalue weighted by Gasteiger charge is -2.06. The Bertz CT molecular complexity index is 676. The van der Waals surface area contributed by atoms with E-state index in [4.69, 9.17) is 0 Å². The molecule has 2 nitrogen and oxygen atoms in total. The highest BCUT2D eigenvalue weighted by Gasteiger charge is 2.21. The molecule has 0 aliphatic heterocycles. The molecule has 2 aromatic rings. The highest BCUT2D eigenvalue weighted by Crippen LogP contribution is 2.22. The quantitative estimate of drug-likeness (QED) is 0.393. The largest absolute Gasteiger partial charge is 0.673 e. The smallest absolute Gasteiger partial charge is 0.418 e. The molecular weight excluding hydrogens is 370 g/mol. The molecule has 0 spiro atoms. The molecule has 0 radical (unpaired) electrons. The summed E-state index contributed by atoms with van der Waals surface area (Å²) in [4.78, 5) is 0. The number of pyridine rings is 2. The Morgan fingerprint density at radius 3 is 1.46 bits per heavy atom. The third-order valence-corrected chi connectivity index (χ3v) is 3.23. The summed E-state index contributed by atoms with van der Waals surface area (Å²) >= 11 is 0. The van der Waals surface area contributed by atoms with Gasteiger partial charge in [0.05, 0.1) is 0 Å². The molecule has 2 aromatic heterocycles. The zero-order chi connectivity index (χ0) is 20.7. The van der Waals surface area contributed by atoms with Crippen LogP contribution in [0.25, 0.3) is 11.1 Å². The van der Waals surface area contributed by atoms with Crippen molar-refractivity contribution in [2.45, 2.75) is 13.8 Å². The summed E-state index contributed by atoms with van der Waals surface area (Å²) in [6.45, 7) is 4.33. The van der Waals surface area contributed by atoms with Gasteiger partial charge < -0.3 is 34.5 Å². The number of hydrogen-bond acceptors (Lipinski definition) is 0. The van der Waals surface area contributed by atoms with Gasteiger partial charge in [0.15, 0.2) is 24.3 Å². The molecule has 0 saturated carbocycles. The van der Waals surface area contributed by atoms with Crippen LogP contribution in [0.4, 0.5) is 34.5 Å². The van der Waals surface area contributed by atoms with E-state index in [1.807, 2.05) is 7.05 Å². The molecule has 0 aliphatic rings. The fourth-order valence-corrected chi connectivity index (χ4v) is 1.88. The Balaban J connectivity index is 0.000000520. The maximum Gasteiger partial charge on any atom is 0.673 e. The molecule has 0 N–H and O–H groups in total. The predicted molar refractivity (Wildman–Crippen MR) is 84.1 cm³/mol. The molecule has 0 fully saturated rings. The average Bonchev–Trinajstić information content (AvgIpc) is 2.43. The molecule has 0 bridgehead atoms. The summed E-state index contributed by atoms with van der Waals surface area (Å²) in [7, 11) is -7.88. The third kappa shape index (κ3) is 11.4. The molecule has 2 heterocycles. The lowest BCUT2D eigenvalue weighted by Crippen LogP contribution is -2.32. The van der Waals surface area contributed by atoms with Crippen LogP contribution in [-0.2, 0) is 14.1 Å². The van der Waals surface area contributed by atoms with Gasteiger partial charge in [-0.2, -0.15) is 0 Å². The molecule has 26 heavy (non-hydrogen) atoms. The van der Waals surface area contributed by atoms with E-state index in [9.17, 15) is 34.5 Å². The second-order valence-corrected chi connectivity index (χ2v) is 5.29. The van der Waals surface area contributed by atoms with Crippen molar-refractivity contribution in [1.82, 2.24) is 0 Å². The van der Waals surface area contributed by atoms with Crippen LogP contribution in [0.3, 0.4) is 0 Å². The number of rotatable bonds is 1. The van der Waals surface area contributed by atoms with Crippen LogP contribution in [0.5, 0.6) is 0 Å². The molecular formula is C14H18B2F8N2. The van der Waals surface area contributed by atoms with Crippen LogP contribution in [0.15, 0.2) is 36.8 Å². The van der Waals surface area contributed by atoms with E-state index in [1.165, 1.54) is 22.4 Å². The van der Waals surface area contributed by atoms with E-state index in [0.29, 0.717) is 0 Å². The van der Waals surface area contributed by atoms with Gasteiger partial charge in [-0.1, -0.05) is 0 Å². The lowest BCUT2D eigenvalue weighted by molar-refractivity contribution is -0.678. The van der Waals surface area contributed by atoms with Crippen LogP contribution >= 0.6 is 0 Å². The van der Waals surface area contributed by atoms with Crippen molar-refractivity contribution in [2.75, 3.05) is 0 Å². The van der Waals surface area contributed by atoms with Crippen molar-refractivity contribution in [1.29, 1.82) is 0 Å². The van der Waals surface area contributed by atoms with Crippen molar-refractivity contribution < 1.29 is 43.7 Å². The maximum absolute atomic E-state index is 9.75. The Labute approximate surface area is 146 Å². The van der Waals surface area contributed by atoms with Gasteiger partial charge in [0.1, 0.15) is 14.1 Å². The Morgan fingerprint density at radius 2 is 1.08 bits per heavy atom. The lowest BCUT2D eigenvalue weighted by atomic mass is 10.0. The minimum absolute atomic E-state index is 1.28. The molecule has 0 amide bonds. The van der Waals surface area contributed by atoms with Gasteiger partial charge in [0.25, 0.3) is 0 Å². The Morgan fingerprint density at radius 1 is 0.692 bits per heavy atom. The van der Waals surface area contributed by atoms with Crippen LogP contribution in [0.2, 0.25) is 0 Å². The van der Waals surface area contributed by atoms with Gasteiger partial charge >= 0.3 is 14.5 Å². The number of nitrogens with zero attached hydrogens (tertiary/aromatic N) is 2. The fraction of sp³-hybridized carbons (Fsp3) is 0.286. The van der Waals surface area contributed by atoms with Crippen molar-refractivity contribution in [3.8, 4) is 11.1 Å². The summed E-state index contributed by atoms with van der Waals surface area (Å²) in [5, 5.41) is 0. The van der Waals surface area contributed by atoms with Crippen LogP contribution in [-0.4, -0.2) is 14.5 Å². The first-order valence-electron chi connectivity index (χ1n) is 7.25. The molecule has 2 rings (SSSR count). The molecule has 146 valence electrons. The van der Waals surface area contributed by atoms with Crippen LogP contribution in [0.1, 0.15) is 11.3 Å². The van der Waals surface area contributed by atoms with Crippen molar-refractivity contribution >= 4 is 14.5 Å². The molecule has 0 aromatic carbocycles. The van der Waals surface area contributed by atoms with E-state index in [0.717, 1.165) is 0 Å².